The number of aryl methyl sites for hydroxylation is 1. The zero-order chi connectivity index (χ0) is 19.4. The topological polar surface area (TPSA) is 63.6 Å². The van der Waals surface area contributed by atoms with Crippen LogP contribution in [-0.2, 0) is 16.1 Å². The van der Waals surface area contributed by atoms with E-state index in [1.54, 1.807) is 0 Å². The summed E-state index contributed by atoms with van der Waals surface area (Å²) < 4.78 is 7.49. The minimum atomic E-state index is -0.463. The number of amides is 2. The lowest BCUT2D eigenvalue weighted by Gasteiger charge is -2.42. The van der Waals surface area contributed by atoms with E-state index >= 15 is 0 Å². The Bertz CT molecular complexity index is 676. The summed E-state index contributed by atoms with van der Waals surface area (Å²) in [5.41, 5.74) is 1.99. The molecule has 1 fully saturated rings. The quantitative estimate of drug-likeness (QED) is 0.793. The summed E-state index contributed by atoms with van der Waals surface area (Å²) in [6.07, 6.45) is 6.08. The van der Waals surface area contributed by atoms with E-state index in [9.17, 15) is 9.59 Å². The van der Waals surface area contributed by atoms with Gasteiger partial charge in [0.25, 0.3) is 0 Å². The fraction of sp³-hybridized carbons (Fsp3) is 0.714. The number of esters is 1. The average molecular weight is 376 g/mol. The van der Waals surface area contributed by atoms with Crippen LogP contribution < -0.4 is 5.32 Å². The van der Waals surface area contributed by atoms with Gasteiger partial charge >= 0.3 is 12.0 Å². The second-order valence-electron chi connectivity index (χ2n) is 7.92. The molecule has 2 aliphatic rings. The van der Waals surface area contributed by atoms with Gasteiger partial charge in [-0.2, -0.15) is 0 Å². The summed E-state index contributed by atoms with van der Waals surface area (Å²) in [4.78, 5) is 27.4. The zero-order valence-electron chi connectivity index (χ0n) is 16.9. The molecule has 0 radical (unpaired) electrons. The second-order valence-corrected chi connectivity index (χ2v) is 7.92. The third-order valence-electron chi connectivity index (χ3n) is 6.13. The molecule has 0 spiro atoms. The van der Waals surface area contributed by atoms with Crippen molar-refractivity contribution < 1.29 is 14.3 Å². The highest BCUT2D eigenvalue weighted by Gasteiger charge is 2.39. The molecule has 150 valence electrons. The number of carbonyl (C=O) groups excluding carboxylic acids is 2. The van der Waals surface area contributed by atoms with Crippen LogP contribution in [-0.4, -0.2) is 40.2 Å². The molecular weight excluding hydrogens is 342 g/mol. The molecular formula is C21H33N3O3. The Hall–Kier alpha value is -1.98. The Balaban J connectivity index is 1.76. The first kappa shape index (κ1) is 19.8. The predicted octanol–water partition coefficient (Wildman–Crippen LogP) is 3.93. The SMILES string of the molecule is CCOC(=O)CC1(NC(=O)N2CCn3c(C)ccc3C2CC)CCCCC1. The molecule has 1 aromatic rings. The van der Waals surface area contributed by atoms with Crippen LogP contribution in [0.2, 0.25) is 0 Å². The molecule has 1 aliphatic heterocycles. The van der Waals surface area contributed by atoms with Crippen LogP contribution >= 0.6 is 0 Å². The number of ether oxygens (including phenoxy) is 1. The molecule has 2 amide bonds. The van der Waals surface area contributed by atoms with E-state index < -0.39 is 5.54 Å². The lowest BCUT2D eigenvalue weighted by molar-refractivity contribution is -0.145. The monoisotopic (exact) mass is 375 g/mol. The van der Waals surface area contributed by atoms with Crippen LogP contribution in [0.5, 0.6) is 0 Å². The number of fused-ring (bicyclic) bond motifs is 1. The van der Waals surface area contributed by atoms with Gasteiger partial charge in [-0.3, -0.25) is 4.79 Å². The van der Waals surface area contributed by atoms with Crippen molar-refractivity contribution in [3.8, 4) is 0 Å². The van der Waals surface area contributed by atoms with Crippen molar-refractivity contribution in [2.45, 2.75) is 83.8 Å². The van der Waals surface area contributed by atoms with Gasteiger partial charge in [-0.05, 0) is 45.2 Å². The van der Waals surface area contributed by atoms with Crippen molar-refractivity contribution in [2.24, 2.45) is 0 Å². The standard InChI is InChI=1S/C21H33N3O3/c1-4-17-18-10-9-16(3)23(18)13-14-24(17)20(26)22-21(11-7-6-8-12-21)15-19(25)27-5-2/h9-10,17H,4-8,11-15H2,1-3H3,(H,22,26). The summed E-state index contributed by atoms with van der Waals surface area (Å²) in [6.45, 7) is 7.95. The van der Waals surface area contributed by atoms with Gasteiger partial charge in [-0.15, -0.1) is 0 Å². The van der Waals surface area contributed by atoms with Crippen LogP contribution in [0.3, 0.4) is 0 Å². The van der Waals surface area contributed by atoms with Gasteiger partial charge < -0.3 is 19.5 Å². The van der Waals surface area contributed by atoms with Crippen LogP contribution in [0.4, 0.5) is 4.79 Å². The fourth-order valence-electron chi connectivity index (χ4n) is 4.74. The number of nitrogens with zero attached hydrogens (tertiary/aromatic N) is 2. The molecule has 2 heterocycles. The first-order chi connectivity index (χ1) is 13.0. The molecule has 0 bridgehead atoms. The van der Waals surface area contributed by atoms with E-state index in [2.05, 4.69) is 35.9 Å². The van der Waals surface area contributed by atoms with Gasteiger partial charge in [0.05, 0.1) is 24.6 Å². The number of rotatable bonds is 5. The summed E-state index contributed by atoms with van der Waals surface area (Å²) >= 11 is 0. The second kappa shape index (κ2) is 8.36. The lowest BCUT2D eigenvalue weighted by atomic mass is 9.79. The van der Waals surface area contributed by atoms with Crippen LogP contribution in [0.15, 0.2) is 12.1 Å². The van der Waals surface area contributed by atoms with Gasteiger partial charge in [0, 0.05) is 24.5 Å². The minimum Gasteiger partial charge on any atom is -0.466 e. The maximum atomic E-state index is 13.3. The fourth-order valence-corrected chi connectivity index (χ4v) is 4.74. The molecule has 0 saturated heterocycles. The molecule has 0 aromatic carbocycles. The van der Waals surface area contributed by atoms with Gasteiger partial charge in [0.15, 0.2) is 0 Å². The summed E-state index contributed by atoms with van der Waals surface area (Å²) in [5.74, 6) is -0.213. The molecule has 1 aromatic heterocycles. The van der Waals surface area contributed by atoms with E-state index in [-0.39, 0.29) is 24.5 Å². The third kappa shape index (κ3) is 4.14. The Labute approximate surface area is 162 Å². The maximum Gasteiger partial charge on any atom is 0.318 e. The molecule has 1 atom stereocenters. The van der Waals surface area contributed by atoms with E-state index in [4.69, 9.17) is 4.74 Å². The van der Waals surface area contributed by atoms with E-state index in [1.165, 1.54) is 11.4 Å². The van der Waals surface area contributed by atoms with Crippen molar-refractivity contribution in [2.75, 3.05) is 13.2 Å². The number of hydrogen-bond donors (Lipinski definition) is 1. The zero-order valence-corrected chi connectivity index (χ0v) is 16.9. The van der Waals surface area contributed by atoms with Gasteiger partial charge in [0.1, 0.15) is 0 Å². The number of nitrogens with one attached hydrogen (secondary N) is 1. The van der Waals surface area contributed by atoms with E-state index in [0.29, 0.717) is 13.2 Å². The smallest absolute Gasteiger partial charge is 0.318 e. The van der Waals surface area contributed by atoms with Crippen molar-refractivity contribution in [3.63, 3.8) is 0 Å². The van der Waals surface area contributed by atoms with Gasteiger partial charge in [-0.25, -0.2) is 4.79 Å². The Morgan fingerprint density at radius 3 is 2.59 bits per heavy atom. The molecule has 1 N–H and O–H groups in total. The van der Waals surface area contributed by atoms with E-state index in [0.717, 1.165) is 45.1 Å². The number of aromatic nitrogens is 1. The number of hydrogen-bond acceptors (Lipinski definition) is 3. The molecule has 6 heteroatoms. The van der Waals surface area contributed by atoms with Crippen molar-refractivity contribution in [1.82, 2.24) is 14.8 Å². The molecule has 1 unspecified atom stereocenters. The molecule has 27 heavy (non-hydrogen) atoms. The Morgan fingerprint density at radius 1 is 1.19 bits per heavy atom. The van der Waals surface area contributed by atoms with E-state index in [1.807, 2.05) is 11.8 Å². The largest absolute Gasteiger partial charge is 0.466 e. The number of urea groups is 1. The first-order valence-electron chi connectivity index (χ1n) is 10.4. The molecule has 6 nitrogen and oxygen atoms in total. The van der Waals surface area contributed by atoms with Crippen molar-refractivity contribution in [1.29, 1.82) is 0 Å². The lowest BCUT2D eigenvalue weighted by Crippen LogP contribution is -2.57. The Kier molecular flexibility index (Phi) is 6.12. The molecule has 1 aliphatic carbocycles. The summed E-state index contributed by atoms with van der Waals surface area (Å²) in [6, 6.07) is 4.30. The summed E-state index contributed by atoms with van der Waals surface area (Å²) in [5, 5.41) is 3.27. The third-order valence-corrected chi connectivity index (χ3v) is 6.13. The summed E-state index contributed by atoms with van der Waals surface area (Å²) in [7, 11) is 0. The van der Waals surface area contributed by atoms with Crippen LogP contribution in [0, 0.1) is 6.92 Å². The normalized spacial score (nSPS) is 21.4. The highest BCUT2D eigenvalue weighted by molar-refractivity contribution is 5.78. The predicted molar refractivity (Wildman–Crippen MR) is 105 cm³/mol. The maximum absolute atomic E-state index is 13.3. The van der Waals surface area contributed by atoms with Crippen molar-refractivity contribution in [3.05, 3.63) is 23.5 Å². The van der Waals surface area contributed by atoms with Crippen LogP contribution in [0.25, 0.3) is 0 Å². The van der Waals surface area contributed by atoms with Gasteiger partial charge in [0.2, 0.25) is 0 Å². The number of carbonyl (C=O) groups is 2. The average Bonchev–Trinajstić information content (AvgIpc) is 3.02. The Morgan fingerprint density at radius 2 is 1.93 bits per heavy atom. The van der Waals surface area contributed by atoms with Crippen molar-refractivity contribution >= 4 is 12.0 Å². The first-order valence-corrected chi connectivity index (χ1v) is 10.4. The molecule has 3 rings (SSSR count). The van der Waals surface area contributed by atoms with Crippen LogP contribution in [0.1, 0.15) is 76.2 Å². The highest BCUT2D eigenvalue weighted by Crippen LogP contribution is 2.34. The highest BCUT2D eigenvalue weighted by atomic mass is 16.5. The van der Waals surface area contributed by atoms with Gasteiger partial charge in [-0.1, -0.05) is 26.2 Å². The minimum absolute atomic E-state index is 0.0434. The molecule has 1 saturated carbocycles.